The lowest BCUT2D eigenvalue weighted by Crippen LogP contribution is -2.34. The van der Waals surface area contributed by atoms with E-state index in [4.69, 9.17) is 10.00 Å². The molecule has 1 aromatic heterocycles. The summed E-state index contributed by atoms with van der Waals surface area (Å²) in [5.74, 6) is 0.00990. The van der Waals surface area contributed by atoms with Crippen molar-refractivity contribution < 1.29 is 14.3 Å². The first-order valence-corrected chi connectivity index (χ1v) is 12.2. The van der Waals surface area contributed by atoms with Gasteiger partial charge in [0.25, 0.3) is 5.91 Å². The highest BCUT2D eigenvalue weighted by molar-refractivity contribution is 7.98. The number of ether oxygens (including phenoxy) is 1. The van der Waals surface area contributed by atoms with Crippen molar-refractivity contribution >= 4 is 35.0 Å². The van der Waals surface area contributed by atoms with Crippen LogP contribution >= 0.6 is 23.1 Å². The Balaban J connectivity index is 1.36. The van der Waals surface area contributed by atoms with Crippen LogP contribution in [0.2, 0.25) is 0 Å². The quantitative estimate of drug-likeness (QED) is 0.346. The maximum absolute atomic E-state index is 12.8. The Bertz CT molecular complexity index is 1120. The SMILES string of the molecule is N#Cc1ccc(CSc2ccccc2C(=O)OCC(=O)N2CCCC2c2cccs2)cc1. The van der Waals surface area contributed by atoms with Crippen LogP contribution in [0.5, 0.6) is 0 Å². The lowest BCUT2D eigenvalue weighted by Gasteiger charge is -2.23. The molecule has 0 N–H and O–H groups in total. The molecule has 2 aromatic carbocycles. The van der Waals surface area contributed by atoms with Crippen molar-refractivity contribution in [3.05, 3.63) is 87.6 Å². The van der Waals surface area contributed by atoms with Crippen molar-refractivity contribution in [1.29, 1.82) is 5.26 Å². The Morgan fingerprint density at radius 3 is 2.69 bits per heavy atom. The summed E-state index contributed by atoms with van der Waals surface area (Å²) < 4.78 is 5.41. The summed E-state index contributed by atoms with van der Waals surface area (Å²) in [4.78, 5) is 29.3. The second-order valence-electron chi connectivity index (χ2n) is 7.43. The van der Waals surface area contributed by atoms with Gasteiger partial charge in [0.15, 0.2) is 6.61 Å². The molecule has 162 valence electrons. The van der Waals surface area contributed by atoms with Crippen LogP contribution in [0.3, 0.4) is 0 Å². The van der Waals surface area contributed by atoms with Gasteiger partial charge in [0.05, 0.1) is 23.2 Å². The van der Waals surface area contributed by atoms with E-state index in [0.717, 1.165) is 23.3 Å². The van der Waals surface area contributed by atoms with Crippen LogP contribution in [0.15, 0.2) is 70.9 Å². The Morgan fingerprint density at radius 2 is 1.94 bits per heavy atom. The van der Waals surface area contributed by atoms with Crippen molar-refractivity contribution in [2.75, 3.05) is 13.2 Å². The molecule has 1 unspecified atom stereocenters. The Morgan fingerprint density at radius 1 is 1.12 bits per heavy atom. The molecule has 5 nitrogen and oxygen atoms in total. The number of thioether (sulfide) groups is 1. The minimum absolute atomic E-state index is 0.0801. The van der Waals surface area contributed by atoms with Crippen LogP contribution in [-0.4, -0.2) is 29.9 Å². The molecule has 32 heavy (non-hydrogen) atoms. The van der Waals surface area contributed by atoms with Gasteiger partial charge < -0.3 is 9.64 Å². The lowest BCUT2D eigenvalue weighted by atomic mass is 10.2. The standard InChI is InChI=1S/C25H22N2O3S2/c26-15-18-9-11-19(12-10-18)17-32-22-7-2-1-5-20(22)25(29)30-16-24(28)27-13-3-6-21(27)23-8-4-14-31-23/h1-2,4-5,7-12,14,21H,3,6,13,16-17H2. The summed E-state index contributed by atoms with van der Waals surface area (Å²) in [6.07, 6.45) is 1.89. The average Bonchev–Trinajstić information content (AvgIpc) is 3.53. The normalized spacial score (nSPS) is 15.3. The van der Waals surface area contributed by atoms with Gasteiger partial charge in [0, 0.05) is 22.1 Å². The molecule has 0 bridgehead atoms. The molecule has 7 heteroatoms. The fraction of sp³-hybridized carbons (Fsp3) is 0.240. The number of hydrogen-bond acceptors (Lipinski definition) is 6. The number of nitriles is 1. The van der Waals surface area contributed by atoms with E-state index < -0.39 is 5.97 Å². The molecule has 0 saturated carbocycles. The molecule has 1 saturated heterocycles. The van der Waals surface area contributed by atoms with E-state index in [1.807, 2.05) is 46.7 Å². The number of thiophene rings is 1. The van der Waals surface area contributed by atoms with E-state index in [-0.39, 0.29) is 18.6 Å². The molecule has 0 aliphatic carbocycles. The number of hydrogen-bond donors (Lipinski definition) is 0. The second-order valence-corrected chi connectivity index (χ2v) is 9.43. The third-order valence-electron chi connectivity index (χ3n) is 5.36. The number of carbonyl (C=O) groups is 2. The first kappa shape index (κ1) is 22.1. The fourth-order valence-electron chi connectivity index (χ4n) is 3.73. The molecule has 0 spiro atoms. The summed E-state index contributed by atoms with van der Waals surface area (Å²) >= 11 is 3.17. The minimum atomic E-state index is -0.492. The van der Waals surface area contributed by atoms with Gasteiger partial charge in [0.2, 0.25) is 0 Å². The number of esters is 1. The fourth-order valence-corrected chi connectivity index (χ4v) is 5.60. The van der Waals surface area contributed by atoms with Gasteiger partial charge in [-0.05, 0) is 54.1 Å². The largest absolute Gasteiger partial charge is 0.452 e. The summed E-state index contributed by atoms with van der Waals surface area (Å²) in [6.45, 7) is 0.436. The zero-order chi connectivity index (χ0) is 22.3. The van der Waals surface area contributed by atoms with Crippen LogP contribution in [0.1, 0.15) is 45.2 Å². The van der Waals surface area contributed by atoms with E-state index in [9.17, 15) is 9.59 Å². The van der Waals surface area contributed by atoms with Gasteiger partial charge in [-0.15, -0.1) is 23.1 Å². The van der Waals surface area contributed by atoms with Gasteiger partial charge in [0.1, 0.15) is 0 Å². The maximum atomic E-state index is 12.8. The van der Waals surface area contributed by atoms with E-state index in [1.165, 1.54) is 16.6 Å². The molecule has 1 atom stereocenters. The first-order chi connectivity index (χ1) is 15.7. The highest BCUT2D eigenvalue weighted by Gasteiger charge is 2.31. The minimum Gasteiger partial charge on any atom is -0.452 e. The van der Waals surface area contributed by atoms with Crippen LogP contribution in [0, 0.1) is 11.3 Å². The first-order valence-electron chi connectivity index (χ1n) is 10.4. The van der Waals surface area contributed by atoms with Crippen LogP contribution in [0.4, 0.5) is 0 Å². The van der Waals surface area contributed by atoms with Crippen molar-refractivity contribution in [2.24, 2.45) is 0 Å². The monoisotopic (exact) mass is 462 g/mol. The number of carbonyl (C=O) groups excluding carboxylic acids is 2. The van der Waals surface area contributed by atoms with Crippen molar-refractivity contribution in [2.45, 2.75) is 29.5 Å². The predicted molar refractivity (Wildman–Crippen MR) is 125 cm³/mol. The van der Waals surface area contributed by atoms with Crippen molar-refractivity contribution in [3.8, 4) is 6.07 Å². The van der Waals surface area contributed by atoms with Crippen molar-refractivity contribution in [3.63, 3.8) is 0 Å². The van der Waals surface area contributed by atoms with Gasteiger partial charge in [-0.25, -0.2) is 4.79 Å². The number of rotatable bonds is 7. The Hall–Kier alpha value is -3.08. The average molecular weight is 463 g/mol. The molecule has 4 rings (SSSR count). The number of amides is 1. The van der Waals surface area contributed by atoms with Crippen molar-refractivity contribution in [1.82, 2.24) is 4.90 Å². The Kier molecular flexibility index (Phi) is 7.25. The zero-order valence-corrected chi connectivity index (χ0v) is 19.0. The topological polar surface area (TPSA) is 70.4 Å². The molecule has 2 heterocycles. The Labute approximate surface area is 195 Å². The summed E-state index contributed by atoms with van der Waals surface area (Å²) in [6, 6.07) is 20.9. The highest BCUT2D eigenvalue weighted by Crippen LogP contribution is 2.34. The van der Waals surface area contributed by atoms with Crippen LogP contribution in [-0.2, 0) is 15.3 Å². The predicted octanol–water partition coefficient (Wildman–Crippen LogP) is 5.43. The van der Waals surface area contributed by atoms with Gasteiger partial charge >= 0.3 is 5.97 Å². The van der Waals surface area contributed by atoms with E-state index in [1.54, 1.807) is 35.6 Å². The van der Waals surface area contributed by atoms with Gasteiger partial charge in [-0.2, -0.15) is 5.26 Å². The molecule has 0 radical (unpaired) electrons. The molecule has 1 amide bonds. The van der Waals surface area contributed by atoms with E-state index in [0.29, 0.717) is 23.4 Å². The molecular formula is C25H22N2O3S2. The maximum Gasteiger partial charge on any atom is 0.339 e. The summed E-state index contributed by atoms with van der Waals surface area (Å²) in [5.41, 5.74) is 2.13. The van der Waals surface area contributed by atoms with E-state index >= 15 is 0 Å². The molecule has 3 aromatic rings. The van der Waals surface area contributed by atoms with Crippen LogP contribution in [0.25, 0.3) is 0 Å². The molecule has 1 fully saturated rings. The van der Waals surface area contributed by atoms with Crippen LogP contribution < -0.4 is 0 Å². The molecule has 1 aliphatic heterocycles. The molecular weight excluding hydrogens is 440 g/mol. The third-order valence-corrected chi connectivity index (χ3v) is 7.47. The smallest absolute Gasteiger partial charge is 0.339 e. The summed E-state index contributed by atoms with van der Waals surface area (Å²) in [7, 11) is 0. The van der Waals surface area contributed by atoms with E-state index in [2.05, 4.69) is 6.07 Å². The highest BCUT2D eigenvalue weighted by atomic mass is 32.2. The van der Waals surface area contributed by atoms with Gasteiger partial charge in [-0.3, -0.25) is 4.79 Å². The van der Waals surface area contributed by atoms with Gasteiger partial charge in [-0.1, -0.05) is 30.3 Å². The zero-order valence-electron chi connectivity index (χ0n) is 17.4. The second kappa shape index (κ2) is 10.5. The third kappa shape index (κ3) is 5.21. The summed E-state index contributed by atoms with van der Waals surface area (Å²) in [5, 5.41) is 10.9. The lowest BCUT2D eigenvalue weighted by molar-refractivity contribution is -0.135. The number of likely N-dealkylation sites (tertiary alicyclic amines) is 1. The molecule has 1 aliphatic rings. The number of benzene rings is 2. The number of nitrogens with zero attached hydrogens (tertiary/aromatic N) is 2.